The van der Waals surface area contributed by atoms with Gasteiger partial charge in [0, 0.05) is 6.07 Å². The number of nitrogens with zero attached hydrogens (tertiary/aromatic N) is 1. The average Bonchev–Trinajstić information content (AvgIpc) is 2.55. The molecule has 0 aromatic carbocycles. The topological polar surface area (TPSA) is 69.4 Å². The van der Waals surface area contributed by atoms with Crippen molar-refractivity contribution in [2.75, 3.05) is 6.61 Å². The molecule has 12 heavy (non-hydrogen) atoms. The van der Waals surface area contributed by atoms with Crippen molar-refractivity contribution in [2.24, 2.45) is 0 Å². The second-order valence-electron chi connectivity index (χ2n) is 1.93. The number of aromatic nitrogens is 1. The van der Waals surface area contributed by atoms with Gasteiger partial charge in [0.15, 0.2) is 5.69 Å². The van der Waals surface area contributed by atoms with Crippen molar-refractivity contribution < 1.29 is 18.8 Å². The van der Waals surface area contributed by atoms with Gasteiger partial charge in [-0.15, -0.1) is 0 Å². The first kappa shape index (κ1) is 8.45. The highest BCUT2D eigenvalue weighted by molar-refractivity contribution is 6.40. The fourth-order valence-corrected chi connectivity index (χ4v) is 0.631. The summed E-state index contributed by atoms with van der Waals surface area (Å²) in [6, 6.07) is 1.30. The molecule has 5 nitrogen and oxygen atoms in total. The van der Waals surface area contributed by atoms with Crippen molar-refractivity contribution in [2.45, 2.75) is 6.92 Å². The SMILES string of the molecule is CCOC(=O)C(=O)c1ccon1. The minimum Gasteiger partial charge on any atom is -0.460 e. The number of ketones is 1. The van der Waals surface area contributed by atoms with Crippen LogP contribution in [0.15, 0.2) is 16.9 Å². The number of esters is 1. The van der Waals surface area contributed by atoms with Crippen LogP contribution in [-0.2, 0) is 9.53 Å². The maximum atomic E-state index is 11.0. The van der Waals surface area contributed by atoms with Crippen molar-refractivity contribution >= 4 is 11.8 Å². The van der Waals surface area contributed by atoms with Crippen molar-refractivity contribution in [1.82, 2.24) is 5.16 Å². The fourth-order valence-electron chi connectivity index (χ4n) is 0.631. The molecule has 0 spiro atoms. The number of hydrogen-bond donors (Lipinski definition) is 0. The molecule has 0 unspecified atom stereocenters. The van der Waals surface area contributed by atoms with Crippen LogP contribution in [-0.4, -0.2) is 23.5 Å². The highest BCUT2D eigenvalue weighted by atomic mass is 16.5. The first-order chi connectivity index (χ1) is 5.75. The second-order valence-corrected chi connectivity index (χ2v) is 1.93. The number of carbonyl (C=O) groups is 2. The molecule has 0 aliphatic heterocycles. The molecule has 0 aliphatic carbocycles. The van der Waals surface area contributed by atoms with E-state index in [-0.39, 0.29) is 12.3 Å². The summed E-state index contributed by atoms with van der Waals surface area (Å²) in [7, 11) is 0. The Morgan fingerprint density at radius 2 is 2.42 bits per heavy atom. The second kappa shape index (κ2) is 3.66. The van der Waals surface area contributed by atoms with Crippen LogP contribution in [0.25, 0.3) is 0 Å². The van der Waals surface area contributed by atoms with Gasteiger partial charge in [-0.2, -0.15) is 0 Å². The highest BCUT2D eigenvalue weighted by Gasteiger charge is 2.19. The minimum absolute atomic E-state index is 0.0338. The molecular formula is C7H7NO4. The summed E-state index contributed by atoms with van der Waals surface area (Å²) in [5.41, 5.74) is -0.0338. The highest BCUT2D eigenvalue weighted by Crippen LogP contribution is 1.97. The van der Waals surface area contributed by atoms with Crippen LogP contribution in [0.4, 0.5) is 0 Å². The van der Waals surface area contributed by atoms with Gasteiger partial charge < -0.3 is 9.26 Å². The Balaban J connectivity index is 2.66. The Bertz CT molecular complexity index is 278. The molecule has 1 aromatic rings. The molecule has 0 atom stereocenters. The van der Waals surface area contributed by atoms with Crippen LogP contribution >= 0.6 is 0 Å². The Morgan fingerprint density at radius 3 is 2.92 bits per heavy atom. The molecule has 0 bridgehead atoms. The number of Topliss-reactive ketones (excluding diaryl/α,β-unsaturated/α-hetero) is 1. The van der Waals surface area contributed by atoms with Crippen molar-refractivity contribution in [1.29, 1.82) is 0 Å². The molecule has 64 valence electrons. The van der Waals surface area contributed by atoms with Gasteiger partial charge in [0.05, 0.1) is 6.61 Å². The first-order valence-corrected chi connectivity index (χ1v) is 3.37. The summed E-state index contributed by atoms with van der Waals surface area (Å²) in [5, 5.41) is 3.29. The van der Waals surface area contributed by atoms with E-state index >= 15 is 0 Å². The molecule has 5 heteroatoms. The van der Waals surface area contributed by atoms with Crippen LogP contribution in [0.1, 0.15) is 17.4 Å². The number of rotatable bonds is 3. The van der Waals surface area contributed by atoms with Gasteiger partial charge in [0.2, 0.25) is 0 Å². The maximum Gasteiger partial charge on any atom is 0.381 e. The van der Waals surface area contributed by atoms with Gasteiger partial charge in [-0.1, -0.05) is 5.16 Å². The van der Waals surface area contributed by atoms with E-state index in [0.717, 1.165) is 0 Å². The zero-order valence-corrected chi connectivity index (χ0v) is 6.44. The molecule has 0 aliphatic rings. The monoisotopic (exact) mass is 169 g/mol. The summed E-state index contributed by atoms with van der Waals surface area (Å²) in [5.74, 6) is -1.70. The van der Waals surface area contributed by atoms with E-state index in [1.165, 1.54) is 12.3 Å². The van der Waals surface area contributed by atoms with E-state index in [1.54, 1.807) is 6.92 Å². The molecule has 0 amide bonds. The number of ether oxygens (including phenoxy) is 1. The zero-order chi connectivity index (χ0) is 8.97. The Labute approximate surface area is 68.3 Å². The molecule has 1 heterocycles. The largest absolute Gasteiger partial charge is 0.460 e. The number of hydrogen-bond acceptors (Lipinski definition) is 5. The van der Waals surface area contributed by atoms with Crippen molar-refractivity contribution in [3.8, 4) is 0 Å². The van der Waals surface area contributed by atoms with E-state index < -0.39 is 11.8 Å². The third-order valence-electron chi connectivity index (χ3n) is 1.13. The van der Waals surface area contributed by atoms with Crippen LogP contribution in [0.3, 0.4) is 0 Å². The van der Waals surface area contributed by atoms with Gasteiger partial charge in [-0.05, 0) is 6.92 Å². The summed E-state index contributed by atoms with van der Waals surface area (Å²) in [4.78, 5) is 21.8. The Kier molecular flexibility index (Phi) is 2.57. The van der Waals surface area contributed by atoms with Gasteiger partial charge in [0.25, 0.3) is 5.78 Å². The zero-order valence-electron chi connectivity index (χ0n) is 6.44. The first-order valence-electron chi connectivity index (χ1n) is 3.37. The standard InChI is InChI=1S/C7H7NO4/c1-2-11-7(10)6(9)5-3-4-12-8-5/h3-4H,2H2,1H3. The smallest absolute Gasteiger partial charge is 0.381 e. The van der Waals surface area contributed by atoms with Crippen molar-refractivity contribution in [3.63, 3.8) is 0 Å². The normalized spacial score (nSPS) is 9.42. The van der Waals surface area contributed by atoms with Crippen molar-refractivity contribution in [3.05, 3.63) is 18.0 Å². The lowest BCUT2D eigenvalue weighted by Gasteiger charge is -1.95. The van der Waals surface area contributed by atoms with Gasteiger partial charge in [0.1, 0.15) is 6.26 Å². The summed E-state index contributed by atoms with van der Waals surface area (Å²) < 4.78 is 8.84. The molecule has 0 saturated heterocycles. The molecule has 0 N–H and O–H groups in total. The molecule has 0 saturated carbocycles. The summed E-state index contributed by atoms with van der Waals surface area (Å²) in [6.45, 7) is 1.79. The van der Waals surface area contributed by atoms with E-state index in [9.17, 15) is 9.59 Å². The quantitative estimate of drug-likeness (QED) is 0.372. The minimum atomic E-state index is -0.911. The molecule has 0 fully saturated rings. The van der Waals surface area contributed by atoms with E-state index in [4.69, 9.17) is 0 Å². The van der Waals surface area contributed by atoms with E-state index in [2.05, 4.69) is 14.4 Å². The van der Waals surface area contributed by atoms with E-state index in [0.29, 0.717) is 0 Å². The maximum absolute atomic E-state index is 11.0. The molecule has 0 radical (unpaired) electrons. The molecule has 1 rings (SSSR count). The third-order valence-corrected chi connectivity index (χ3v) is 1.13. The molecule has 1 aromatic heterocycles. The van der Waals surface area contributed by atoms with Crippen LogP contribution in [0, 0.1) is 0 Å². The van der Waals surface area contributed by atoms with Crippen LogP contribution in [0.5, 0.6) is 0 Å². The summed E-state index contributed by atoms with van der Waals surface area (Å²) in [6.07, 6.45) is 1.21. The van der Waals surface area contributed by atoms with Gasteiger partial charge >= 0.3 is 5.97 Å². The average molecular weight is 169 g/mol. The Hall–Kier alpha value is -1.65. The van der Waals surface area contributed by atoms with Crippen LogP contribution < -0.4 is 0 Å². The lowest BCUT2D eigenvalue weighted by Crippen LogP contribution is -2.17. The Morgan fingerprint density at radius 1 is 1.67 bits per heavy atom. The van der Waals surface area contributed by atoms with Gasteiger partial charge in [-0.3, -0.25) is 4.79 Å². The summed E-state index contributed by atoms with van der Waals surface area (Å²) >= 11 is 0. The number of carbonyl (C=O) groups excluding carboxylic acids is 2. The third kappa shape index (κ3) is 1.69. The predicted octanol–water partition coefficient (Wildman–Crippen LogP) is 0.420. The van der Waals surface area contributed by atoms with Crippen LogP contribution in [0.2, 0.25) is 0 Å². The fraction of sp³-hybridized carbons (Fsp3) is 0.286. The predicted molar refractivity (Wildman–Crippen MR) is 37.5 cm³/mol. The lowest BCUT2D eigenvalue weighted by atomic mass is 10.3. The van der Waals surface area contributed by atoms with E-state index in [1.807, 2.05) is 0 Å². The lowest BCUT2D eigenvalue weighted by molar-refractivity contribution is -0.137. The van der Waals surface area contributed by atoms with Gasteiger partial charge in [-0.25, -0.2) is 4.79 Å². The molecular weight excluding hydrogens is 162 g/mol.